The second-order valence-corrected chi connectivity index (χ2v) is 3.08. The third kappa shape index (κ3) is 9.48. The van der Waals surface area contributed by atoms with Crippen LogP contribution in [0.3, 0.4) is 0 Å². The minimum atomic E-state index is 0.133. The topological polar surface area (TPSA) is 58.6 Å². The Labute approximate surface area is 85.6 Å². The first kappa shape index (κ1) is 13.4. The number of aliphatic hydroxyl groups is 1. The normalized spacial score (nSPS) is 16.3. The Hall–Kier alpha value is -0.610. The fourth-order valence-electron chi connectivity index (χ4n) is 1.11. The summed E-state index contributed by atoms with van der Waals surface area (Å²) in [5, 5.41) is 10.9. The van der Waals surface area contributed by atoms with Gasteiger partial charge >= 0.3 is 0 Å². The van der Waals surface area contributed by atoms with Gasteiger partial charge in [0, 0.05) is 19.6 Å². The van der Waals surface area contributed by atoms with Crippen LogP contribution in [-0.4, -0.2) is 37.4 Å². The number of carbonyl (C=O) groups excluding carboxylic acids is 1. The van der Waals surface area contributed by atoms with Crippen molar-refractivity contribution in [1.82, 2.24) is 5.32 Å². The second kappa shape index (κ2) is 10.5. The lowest BCUT2D eigenvalue weighted by molar-refractivity contribution is -0.120. The first-order valence-corrected chi connectivity index (χ1v) is 5.26. The molecule has 0 aliphatic carbocycles. The number of rotatable bonds is 3. The van der Waals surface area contributed by atoms with Gasteiger partial charge in [0.15, 0.2) is 0 Å². The minimum Gasteiger partial charge on any atom is -0.394 e. The maximum atomic E-state index is 10.6. The van der Waals surface area contributed by atoms with Gasteiger partial charge in [-0.2, -0.15) is 0 Å². The van der Waals surface area contributed by atoms with Gasteiger partial charge in [-0.3, -0.25) is 4.79 Å². The molecule has 0 aromatic heterocycles. The van der Waals surface area contributed by atoms with E-state index in [1.807, 2.05) is 6.92 Å². The monoisotopic (exact) mass is 203 g/mol. The molecule has 0 spiro atoms. The van der Waals surface area contributed by atoms with Gasteiger partial charge in [0.1, 0.15) is 0 Å². The molecule has 0 unspecified atom stereocenters. The predicted octanol–water partition coefficient (Wildman–Crippen LogP) is 0.692. The Morgan fingerprint density at radius 1 is 1.43 bits per heavy atom. The van der Waals surface area contributed by atoms with Crippen molar-refractivity contribution in [3.8, 4) is 0 Å². The molecule has 1 fully saturated rings. The molecule has 1 aliphatic heterocycles. The van der Waals surface area contributed by atoms with E-state index in [0.717, 1.165) is 25.8 Å². The van der Waals surface area contributed by atoms with Gasteiger partial charge in [0.25, 0.3) is 0 Å². The second-order valence-electron chi connectivity index (χ2n) is 3.08. The molecule has 14 heavy (non-hydrogen) atoms. The van der Waals surface area contributed by atoms with Crippen LogP contribution >= 0.6 is 0 Å². The average Bonchev–Trinajstić information content (AvgIpc) is 2.44. The van der Waals surface area contributed by atoms with Crippen LogP contribution in [0.4, 0.5) is 0 Å². The van der Waals surface area contributed by atoms with Crippen molar-refractivity contribution in [3.05, 3.63) is 0 Å². The van der Waals surface area contributed by atoms with Crippen molar-refractivity contribution in [2.75, 3.05) is 26.4 Å². The zero-order valence-electron chi connectivity index (χ0n) is 8.92. The lowest BCUT2D eigenvalue weighted by Crippen LogP contribution is -2.21. The molecule has 2 N–H and O–H groups in total. The molecule has 0 bridgehead atoms. The predicted molar refractivity (Wildman–Crippen MR) is 55.1 cm³/mol. The van der Waals surface area contributed by atoms with Crippen LogP contribution in [0.15, 0.2) is 0 Å². The van der Waals surface area contributed by atoms with E-state index in [-0.39, 0.29) is 12.5 Å². The van der Waals surface area contributed by atoms with Crippen LogP contribution in [0.25, 0.3) is 0 Å². The quantitative estimate of drug-likeness (QED) is 0.664. The Balaban J connectivity index is 0.000000255. The summed E-state index contributed by atoms with van der Waals surface area (Å²) in [6.07, 6.45) is 4.18. The van der Waals surface area contributed by atoms with Crippen molar-refractivity contribution >= 4 is 5.91 Å². The van der Waals surface area contributed by atoms with Gasteiger partial charge < -0.3 is 15.2 Å². The smallest absolute Gasteiger partial charge is 0.219 e. The summed E-state index contributed by atoms with van der Waals surface area (Å²) in [7, 11) is 0. The van der Waals surface area contributed by atoms with E-state index in [0.29, 0.717) is 13.2 Å². The lowest BCUT2D eigenvalue weighted by Gasteiger charge is -1.93. The maximum Gasteiger partial charge on any atom is 0.219 e. The van der Waals surface area contributed by atoms with Gasteiger partial charge in [-0.05, 0) is 19.8 Å². The van der Waals surface area contributed by atoms with E-state index in [1.54, 1.807) is 0 Å². The summed E-state index contributed by atoms with van der Waals surface area (Å²) in [4.78, 5) is 10.6. The third-order valence-electron chi connectivity index (χ3n) is 1.84. The maximum absolute atomic E-state index is 10.6. The van der Waals surface area contributed by atoms with Crippen molar-refractivity contribution in [1.29, 1.82) is 0 Å². The molecule has 4 nitrogen and oxygen atoms in total. The fourth-order valence-corrected chi connectivity index (χ4v) is 1.11. The van der Waals surface area contributed by atoms with Crippen LogP contribution in [0.1, 0.15) is 32.6 Å². The Morgan fingerprint density at radius 2 is 2.21 bits per heavy atom. The highest BCUT2D eigenvalue weighted by molar-refractivity contribution is 5.75. The van der Waals surface area contributed by atoms with Crippen molar-refractivity contribution in [3.63, 3.8) is 0 Å². The summed E-state index contributed by atoms with van der Waals surface area (Å²) in [6.45, 7) is 4.08. The highest BCUT2D eigenvalue weighted by atomic mass is 16.5. The molecule has 1 aliphatic rings. The Kier molecular flexibility index (Phi) is 10.0. The summed E-state index contributed by atoms with van der Waals surface area (Å²) < 4.78 is 4.73. The number of ether oxygens (including phenoxy) is 1. The molecule has 1 amide bonds. The van der Waals surface area contributed by atoms with Crippen molar-refractivity contribution < 1.29 is 14.6 Å². The van der Waals surface area contributed by atoms with Crippen LogP contribution < -0.4 is 5.32 Å². The largest absolute Gasteiger partial charge is 0.394 e. The SMILES string of the molecule is CCOCCO.O=C1CCCCCN1. The van der Waals surface area contributed by atoms with Crippen LogP contribution in [0.2, 0.25) is 0 Å². The van der Waals surface area contributed by atoms with Crippen LogP contribution in [-0.2, 0) is 9.53 Å². The lowest BCUT2D eigenvalue weighted by atomic mass is 10.2. The van der Waals surface area contributed by atoms with E-state index in [9.17, 15) is 4.79 Å². The molecule has 1 saturated heterocycles. The summed E-state index contributed by atoms with van der Waals surface area (Å²) in [6, 6.07) is 0. The molecule has 1 rings (SSSR count). The highest BCUT2D eigenvalue weighted by Crippen LogP contribution is 2.02. The van der Waals surface area contributed by atoms with E-state index in [1.165, 1.54) is 6.42 Å². The van der Waals surface area contributed by atoms with Gasteiger partial charge in [0.2, 0.25) is 5.91 Å². The van der Waals surface area contributed by atoms with Gasteiger partial charge in [-0.1, -0.05) is 6.42 Å². The average molecular weight is 203 g/mol. The summed E-state index contributed by atoms with van der Waals surface area (Å²) in [5.41, 5.74) is 0. The number of hydrogen-bond donors (Lipinski definition) is 2. The molecule has 1 heterocycles. The first-order valence-electron chi connectivity index (χ1n) is 5.26. The molecule has 0 atom stereocenters. The fraction of sp³-hybridized carbons (Fsp3) is 0.900. The summed E-state index contributed by atoms with van der Waals surface area (Å²) in [5.74, 6) is 0.225. The zero-order chi connectivity index (χ0) is 10.6. The van der Waals surface area contributed by atoms with Crippen LogP contribution in [0, 0.1) is 0 Å². The standard InChI is InChI=1S/C6H11NO.C4H10O2/c8-6-4-2-1-3-5-7-6;1-2-6-4-3-5/h1-5H2,(H,7,8);5H,2-4H2,1H3. The molecule has 0 aromatic carbocycles. The number of amides is 1. The number of aliphatic hydroxyl groups excluding tert-OH is 1. The first-order chi connectivity index (χ1) is 6.81. The van der Waals surface area contributed by atoms with Crippen molar-refractivity contribution in [2.45, 2.75) is 32.6 Å². The number of carbonyl (C=O) groups is 1. The van der Waals surface area contributed by atoms with Crippen LogP contribution in [0.5, 0.6) is 0 Å². The van der Waals surface area contributed by atoms with E-state index in [4.69, 9.17) is 9.84 Å². The number of hydrogen-bond acceptors (Lipinski definition) is 3. The third-order valence-corrected chi connectivity index (χ3v) is 1.84. The number of nitrogens with one attached hydrogen (secondary N) is 1. The van der Waals surface area contributed by atoms with E-state index in [2.05, 4.69) is 5.32 Å². The zero-order valence-corrected chi connectivity index (χ0v) is 8.92. The van der Waals surface area contributed by atoms with Gasteiger partial charge in [-0.15, -0.1) is 0 Å². The minimum absolute atomic E-state index is 0.133. The van der Waals surface area contributed by atoms with E-state index >= 15 is 0 Å². The Morgan fingerprint density at radius 3 is 2.79 bits per heavy atom. The molecule has 84 valence electrons. The molecule has 0 radical (unpaired) electrons. The molecular weight excluding hydrogens is 182 g/mol. The van der Waals surface area contributed by atoms with Gasteiger partial charge in [0.05, 0.1) is 13.2 Å². The molecule has 0 saturated carbocycles. The highest BCUT2D eigenvalue weighted by Gasteiger charge is 2.03. The van der Waals surface area contributed by atoms with Gasteiger partial charge in [-0.25, -0.2) is 0 Å². The summed E-state index contributed by atoms with van der Waals surface area (Å²) >= 11 is 0. The molecule has 4 heteroatoms. The van der Waals surface area contributed by atoms with E-state index < -0.39 is 0 Å². The molecule has 0 aromatic rings. The Bertz CT molecular complexity index is 125. The molecular formula is C10H21NO3. The van der Waals surface area contributed by atoms with Crippen molar-refractivity contribution in [2.24, 2.45) is 0 Å².